The zero-order valence-electron chi connectivity index (χ0n) is 21.7. The molecule has 200 valence electrons. The molecule has 0 amide bonds. The van der Waals surface area contributed by atoms with Gasteiger partial charge >= 0.3 is 0 Å². The maximum Gasteiger partial charge on any atom is 0.271 e. The van der Waals surface area contributed by atoms with Crippen LogP contribution in [0.3, 0.4) is 0 Å². The van der Waals surface area contributed by atoms with Gasteiger partial charge in [-0.2, -0.15) is 4.57 Å². The molecule has 5 aromatic carbocycles. The standard InChI is InChI=1S/C33H26NS.ClHO4/c1-2-34-30-20-12-13-21-31(30)35-33(34)32-28(25-16-8-4-9-17-25)22-27(24-14-6-3-7-15-24)23-29(32)26-18-10-5-11-19-26;2-1(3,4)5/h3-23H,2H2,1H3;(H,2,3,4,5)/q+1;/p-1. The molecule has 5 nitrogen and oxygen atoms in total. The van der Waals surface area contributed by atoms with E-state index in [9.17, 15) is 0 Å². The zero-order chi connectivity index (χ0) is 28.1. The number of para-hydroxylation sites is 1. The van der Waals surface area contributed by atoms with Crippen molar-refractivity contribution in [2.75, 3.05) is 0 Å². The minimum atomic E-state index is -4.94. The van der Waals surface area contributed by atoms with Crippen molar-refractivity contribution in [3.63, 3.8) is 0 Å². The molecule has 0 fully saturated rings. The lowest BCUT2D eigenvalue weighted by atomic mass is 9.88. The Bertz CT molecular complexity index is 1650. The van der Waals surface area contributed by atoms with Crippen LogP contribution in [0.5, 0.6) is 0 Å². The highest BCUT2D eigenvalue weighted by molar-refractivity contribution is 7.21. The van der Waals surface area contributed by atoms with Crippen molar-refractivity contribution < 1.29 is 33.4 Å². The number of hydrogen-bond donors (Lipinski definition) is 0. The fourth-order valence-electron chi connectivity index (χ4n) is 4.90. The van der Waals surface area contributed by atoms with Crippen molar-refractivity contribution >= 4 is 21.6 Å². The summed E-state index contributed by atoms with van der Waals surface area (Å²) in [6.45, 7) is 3.16. The molecule has 0 saturated carbocycles. The molecule has 6 aromatic rings. The van der Waals surface area contributed by atoms with E-state index in [4.69, 9.17) is 18.6 Å². The minimum Gasteiger partial charge on any atom is -0.222 e. The Morgan fingerprint density at radius 2 is 1.00 bits per heavy atom. The Balaban J connectivity index is 0.000000595. The van der Waals surface area contributed by atoms with Gasteiger partial charge in [0.05, 0.1) is 5.56 Å². The van der Waals surface area contributed by atoms with Gasteiger partial charge in [-0.25, -0.2) is 18.6 Å². The normalized spacial score (nSPS) is 11.2. The van der Waals surface area contributed by atoms with Crippen LogP contribution in [0.4, 0.5) is 0 Å². The average Bonchev–Trinajstić information content (AvgIpc) is 3.35. The molecule has 0 atom stereocenters. The quantitative estimate of drug-likeness (QED) is 0.293. The van der Waals surface area contributed by atoms with E-state index in [-0.39, 0.29) is 0 Å². The van der Waals surface area contributed by atoms with Gasteiger partial charge in [0.1, 0.15) is 11.2 Å². The summed E-state index contributed by atoms with van der Waals surface area (Å²) in [4.78, 5) is 0. The van der Waals surface area contributed by atoms with Crippen molar-refractivity contribution in [1.82, 2.24) is 0 Å². The molecule has 40 heavy (non-hydrogen) atoms. The first-order valence-corrected chi connectivity index (χ1v) is 14.8. The number of aromatic nitrogens is 1. The summed E-state index contributed by atoms with van der Waals surface area (Å²) < 4.78 is 37.8. The first-order valence-electron chi connectivity index (χ1n) is 12.7. The summed E-state index contributed by atoms with van der Waals surface area (Å²) in [6.07, 6.45) is 0. The SMILES string of the molecule is CC[n+]1c(-c2c(-c3ccccc3)cc(-c3ccccc3)cc2-c2ccccc2)sc2ccccc21.[O-][Cl+3]([O-])([O-])[O-]. The molecule has 1 heterocycles. The number of thiazole rings is 1. The van der Waals surface area contributed by atoms with Gasteiger partial charge in [0.25, 0.3) is 5.01 Å². The van der Waals surface area contributed by atoms with Gasteiger partial charge in [0.15, 0.2) is 0 Å². The van der Waals surface area contributed by atoms with Crippen LogP contribution in [0.25, 0.3) is 54.2 Å². The Kier molecular flexibility index (Phi) is 8.38. The van der Waals surface area contributed by atoms with Crippen LogP contribution in [0, 0.1) is 10.2 Å². The third-order valence-corrected chi connectivity index (χ3v) is 7.74. The number of rotatable bonds is 5. The summed E-state index contributed by atoms with van der Waals surface area (Å²) >= 11 is 1.88. The second-order valence-corrected chi connectivity index (χ2v) is 10.8. The fraction of sp³-hybridized carbons (Fsp3) is 0.0606. The van der Waals surface area contributed by atoms with E-state index >= 15 is 0 Å². The van der Waals surface area contributed by atoms with Crippen molar-refractivity contribution in [3.05, 3.63) is 127 Å². The van der Waals surface area contributed by atoms with Crippen LogP contribution >= 0.6 is 11.3 Å². The van der Waals surface area contributed by atoms with E-state index in [0.717, 1.165) is 6.54 Å². The summed E-state index contributed by atoms with van der Waals surface area (Å²) in [5.41, 5.74) is 10.0. The van der Waals surface area contributed by atoms with Crippen LogP contribution in [0.2, 0.25) is 0 Å². The van der Waals surface area contributed by atoms with E-state index < -0.39 is 10.2 Å². The lowest BCUT2D eigenvalue weighted by molar-refractivity contribution is -2.00. The Hall–Kier alpha value is -3.88. The maximum atomic E-state index is 8.49. The van der Waals surface area contributed by atoms with Gasteiger partial charge in [0.2, 0.25) is 5.52 Å². The van der Waals surface area contributed by atoms with E-state index in [1.54, 1.807) is 0 Å². The number of aryl methyl sites for hydroxylation is 1. The first-order chi connectivity index (χ1) is 19.3. The molecule has 0 saturated heterocycles. The van der Waals surface area contributed by atoms with Gasteiger partial charge in [-0.3, -0.25) is 0 Å². The van der Waals surface area contributed by atoms with Crippen molar-refractivity contribution in [1.29, 1.82) is 0 Å². The topological polar surface area (TPSA) is 96.1 Å². The lowest BCUT2D eigenvalue weighted by Crippen LogP contribution is -2.68. The largest absolute Gasteiger partial charge is 0.271 e. The molecule has 0 spiro atoms. The molecule has 7 heteroatoms. The fourth-order valence-corrected chi connectivity index (χ4v) is 6.19. The molecule has 0 bridgehead atoms. The predicted molar refractivity (Wildman–Crippen MR) is 149 cm³/mol. The Morgan fingerprint density at radius 1 is 0.575 bits per heavy atom. The highest BCUT2D eigenvalue weighted by Gasteiger charge is 2.27. The summed E-state index contributed by atoms with van der Waals surface area (Å²) in [5, 5.41) is 1.30. The zero-order valence-corrected chi connectivity index (χ0v) is 23.3. The first kappa shape index (κ1) is 27.7. The van der Waals surface area contributed by atoms with Gasteiger partial charge in [-0.05, 0) is 58.5 Å². The molecular formula is C33H26ClNO4S. The monoisotopic (exact) mass is 567 g/mol. The van der Waals surface area contributed by atoms with Crippen LogP contribution in [0.15, 0.2) is 127 Å². The smallest absolute Gasteiger partial charge is 0.222 e. The summed E-state index contributed by atoms with van der Waals surface area (Å²) in [7, 11) is -4.94. The van der Waals surface area contributed by atoms with Crippen molar-refractivity contribution in [2.45, 2.75) is 13.5 Å². The average molecular weight is 568 g/mol. The van der Waals surface area contributed by atoms with Crippen LogP contribution in [0.1, 0.15) is 6.92 Å². The molecule has 0 aliphatic rings. The third-order valence-electron chi connectivity index (χ3n) is 6.55. The third kappa shape index (κ3) is 6.29. The number of nitrogens with zero attached hydrogens (tertiary/aromatic N) is 1. The predicted octanol–water partition coefficient (Wildman–Crippen LogP) is 4.12. The molecule has 0 N–H and O–H groups in total. The lowest BCUT2D eigenvalue weighted by Gasteiger charge is -2.17. The maximum absolute atomic E-state index is 8.49. The van der Waals surface area contributed by atoms with Crippen LogP contribution in [-0.2, 0) is 6.54 Å². The molecule has 0 unspecified atom stereocenters. The van der Waals surface area contributed by atoms with E-state index in [2.05, 4.69) is 139 Å². The van der Waals surface area contributed by atoms with E-state index in [1.165, 1.54) is 54.2 Å². The number of halogens is 1. The van der Waals surface area contributed by atoms with Gasteiger partial charge in [-0.1, -0.05) is 114 Å². The highest BCUT2D eigenvalue weighted by Crippen LogP contribution is 2.44. The number of fused-ring (bicyclic) bond motifs is 1. The van der Waals surface area contributed by atoms with Gasteiger partial charge in [0, 0.05) is 6.07 Å². The highest BCUT2D eigenvalue weighted by atomic mass is 35.7. The van der Waals surface area contributed by atoms with E-state index in [0.29, 0.717) is 0 Å². The molecule has 6 rings (SSSR count). The molecule has 0 aliphatic heterocycles. The summed E-state index contributed by atoms with van der Waals surface area (Å²) in [6, 6.07) is 45.8. The van der Waals surface area contributed by atoms with Crippen LogP contribution in [-0.4, -0.2) is 0 Å². The second kappa shape index (κ2) is 12.1. The Morgan fingerprint density at radius 3 is 1.48 bits per heavy atom. The minimum absolute atomic E-state index is 0.919. The van der Waals surface area contributed by atoms with Gasteiger partial charge < -0.3 is 0 Å². The van der Waals surface area contributed by atoms with Crippen molar-refractivity contribution in [3.8, 4) is 44.0 Å². The van der Waals surface area contributed by atoms with Gasteiger partial charge in [-0.15, -0.1) is 10.2 Å². The number of benzene rings is 5. The van der Waals surface area contributed by atoms with Crippen LogP contribution < -0.4 is 23.2 Å². The molecule has 0 aliphatic carbocycles. The van der Waals surface area contributed by atoms with Crippen molar-refractivity contribution in [2.24, 2.45) is 0 Å². The number of hydrogen-bond acceptors (Lipinski definition) is 5. The molecular weight excluding hydrogens is 542 g/mol. The molecule has 0 radical (unpaired) electrons. The summed E-state index contributed by atoms with van der Waals surface area (Å²) in [5.74, 6) is 0. The molecule has 1 aromatic heterocycles. The Labute approximate surface area is 239 Å². The van der Waals surface area contributed by atoms with E-state index in [1.807, 2.05) is 11.3 Å². The second-order valence-electron chi connectivity index (χ2n) is 9.04.